The van der Waals surface area contributed by atoms with Crippen LogP contribution in [-0.4, -0.2) is 45.6 Å². The Balaban J connectivity index is 2.32. The van der Waals surface area contributed by atoms with Gasteiger partial charge in [0, 0.05) is 18.8 Å². The second-order valence-corrected chi connectivity index (χ2v) is 7.05. The van der Waals surface area contributed by atoms with Crippen LogP contribution in [0.3, 0.4) is 0 Å². The Morgan fingerprint density at radius 3 is 2.57 bits per heavy atom. The second-order valence-electron chi connectivity index (χ2n) is 4.75. The molecule has 0 unspecified atom stereocenters. The van der Waals surface area contributed by atoms with Crippen LogP contribution < -0.4 is 10.6 Å². The average Bonchev–Trinajstić information content (AvgIpc) is 2.40. The molecule has 0 saturated carbocycles. The summed E-state index contributed by atoms with van der Waals surface area (Å²) in [6.07, 6.45) is 0. The molecule has 1 saturated heterocycles. The summed E-state index contributed by atoms with van der Waals surface area (Å²) < 4.78 is 41.7. The van der Waals surface area contributed by atoms with E-state index in [1.54, 1.807) is 11.8 Å². The number of nitrogens with zero attached hydrogens (tertiary/aromatic N) is 1. The summed E-state index contributed by atoms with van der Waals surface area (Å²) in [6, 6.07) is 2.38. The molecule has 2 rings (SSSR count). The average molecular weight is 316 g/mol. The van der Waals surface area contributed by atoms with Crippen LogP contribution in [0.4, 0.5) is 15.8 Å². The van der Waals surface area contributed by atoms with E-state index in [9.17, 15) is 17.6 Å². The van der Waals surface area contributed by atoms with Crippen molar-refractivity contribution in [2.75, 3.05) is 41.8 Å². The third kappa shape index (κ3) is 3.44. The molecule has 1 heterocycles. The second kappa shape index (κ2) is 5.88. The van der Waals surface area contributed by atoms with E-state index in [1.807, 2.05) is 0 Å². The van der Waals surface area contributed by atoms with Crippen LogP contribution in [0.15, 0.2) is 12.1 Å². The van der Waals surface area contributed by atoms with Crippen molar-refractivity contribution < 1.29 is 22.3 Å². The molecule has 0 atom stereocenters. The van der Waals surface area contributed by atoms with Gasteiger partial charge in [-0.1, -0.05) is 0 Å². The number of hydrogen-bond acceptors (Lipinski definition) is 6. The van der Waals surface area contributed by atoms with E-state index in [1.165, 1.54) is 6.07 Å². The van der Waals surface area contributed by atoms with Gasteiger partial charge in [0.05, 0.1) is 29.4 Å². The maximum atomic E-state index is 14.0. The van der Waals surface area contributed by atoms with E-state index in [0.717, 1.165) is 6.07 Å². The highest BCUT2D eigenvalue weighted by Gasteiger charge is 2.25. The van der Waals surface area contributed by atoms with E-state index < -0.39 is 21.6 Å². The number of esters is 1. The molecule has 0 spiro atoms. The van der Waals surface area contributed by atoms with E-state index in [2.05, 4.69) is 0 Å². The van der Waals surface area contributed by atoms with Crippen molar-refractivity contribution in [2.45, 2.75) is 6.92 Å². The van der Waals surface area contributed by atoms with Crippen molar-refractivity contribution in [3.63, 3.8) is 0 Å². The SMILES string of the molecule is CCOC(=O)c1cc(N2CCS(=O)(=O)CC2)c(F)cc1N. The zero-order chi connectivity index (χ0) is 15.6. The van der Waals surface area contributed by atoms with Crippen molar-refractivity contribution in [3.05, 3.63) is 23.5 Å². The van der Waals surface area contributed by atoms with Gasteiger partial charge in [-0.25, -0.2) is 17.6 Å². The van der Waals surface area contributed by atoms with Crippen molar-refractivity contribution in [2.24, 2.45) is 0 Å². The fourth-order valence-electron chi connectivity index (χ4n) is 2.16. The quantitative estimate of drug-likeness (QED) is 0.656. The molecular weight excluding hydrogens is 299 g/mol. The van der Waals surface area contributed by atoms with Crippen LogP contribution in [0, 0.1) is 5.82 Å². The molecule has 0 aromatic heterocycles. The number of anilines is 2. The van der Waals surface area contributed by atoms with Gasteiger partial charge in [0.1, 0.15) is 5.82 Å². The molecule has 1 fully saturated rings. The zero-order valence-electron chi connectivity index (χ0n) is 11.6. The summed E-state index contributed by atoms with van der Waals surface area (Å²) in [6.45, 7) is 2.22. The monoisotopic (exact) mass is 316 g/mol. The maximum Gasteiger partial charge on any atom is 0.340 e. The Labute approximate surface area is 122 Å². The number of benzene rings is 1. The molecule has 1 aromatic rings. The molecule has 0 bridgehead atoms. The molecule has 8 heteroatoms. The highest BCUT2D eigenvalue weighted by Crippen LogP contribution is 2.27. The normalized spacial score (nSPS) is 17.5. The number of sulfone groups is 1. The first-order chi connectivity index (χ1) is 9.84. The van der Waals surface area contributed by atoms with Crippen LogP contribution in [-0.2, 0) is 14.6 Å². The summed E-state index contributed by atoms with van der Waals surface area (Å²) >= 11 is 0. The predicted octanol–water partition coefficient (Wildman–Crippen LogP) is 0.819. The minimum absolute atomic E-state index is 0.000619. The standard InChI is InChI=1S/C13H17FN2O4S/c1-2-20-13(17)9-7-12(10(14)8-11(9)15)16-3-5-21(18,19)6-4-16/h7-8H,2-6,15H2,1H3. The van der Waals surface area contributed by atoms with E-state index in [0.29, 0.717) is 0 Å². The van der Waals surface area contributed by atoms with Gasteiger partial charge >= 0.3 is 5.97 Å². The van der Waals surface area contributed by atoms with Crippen LogP contribution in [0.5, 0.6) is 0 Å². The number of carbonyl (C=O) groups is 1. The lowest BCUT2D eigenvalue weighted by Crippen LogP contribution is -2.40. The third-order valence-electron chi connectivity index (χ3n) is 3.30. The van der Waals surface area contributed by atoms with Crippen molar-refractivity contribution in [1.29, 1.82) is 0 Å². The Hall–Kier alpha value is -1.83. The van der Waals surface area contributed by atoms with E-state index >= 15 is 0 Å². The summed E-state index contributed by atoms with van der Waals surface area (Å²) in [4.78, 5) is 13.4. The molecule has 0 aliphatic carbocycles. The molecule has 1 aliphatic rings. The zero-order valence-corrected chi connectivity index (χ0v) is 12.5. The van der Waals surface area contributed by atoms with Gasteiger partial charge < -0.3 is 15.4 Å². The Kier molecular flexibility index (Phi) is 4.36. The number of halogens is 1. The molecule has 1 aliphatic heterocycles. The molecule has 116 valence electrons. The van der Waals surface area contributed by atoms with Gasteiger partial charge in [0.2, 0.25) is 0 Å². The number of ether oxygens (including phenoxy) is 1. The minimum atomic E-state index is -3.06. The Morgan fingerprint density at radius 2 is 2.00 bits per heavy atom. The molecule has 0 radical (unpaired) electrons. The lowest BCUT2D eigenvalue weighted by atomic mass is 10.1. The fourth-order valence-corrected chi connectivity index (χ4v) is 3.36. The molecular formula is C13H17FN2O4S. The summed E-state index contributed by atoms with van der Waals surface area (Å²) in [5.41, 5.74) is 5.89. The van der Waals surface area contributed by atoms with Crippen molar-refractivity contribution >= 4 is 27.2 Å². The highest BCUT2D eigenvalue weighted by atomic mass is 32.2. The number of rotatable bonds is 3. The first kappa shape index (κ1) is 15.6. The summed E-state index contributed by atoms with van der Waals surface area (Å²) in [5, 5.41) is 0. The van der Waals surface area contributed by atoms with Gasteiger partial charge in [-0.05, 0) is 19.1 Å². The Morgan fingerprint density at radius 1 is 1.38 bits per heavy atom. The Bertz CT molecular complexity index is 646. The van der Waals surface area contributed by atoms with Crippen LogP contribution in [0.1, 0.15) is 17.3 Å². The highest BCUT2D eigenvalue weighted by molar-refractivity contribution is 7.91. The lowest BCUT2D eigenvalue weighted by Gasteiger charge is -2.29. The summed E-state index contributed by atoms with van der Waals surface area (Å²) in [5.74, 6) is -1.28. The first-order valence-corrected chi connectivity index (χ1v) is 8.37. The van der Waals surface area contributed by atoms with Gasteiger partial charge in [0.25, 0.3) is 0 Å². The molecule has 2 N–H and O–H groups in total. The number of hydrogen-bond donors (Lipinski definition) is 1. The van der Waals surface area contributed by atoms with Gasteiger partial charge in [-0.3, -0.25) is 0 Å². The van der Waals surface area contributed by atoms with E-state index in [-0.39, 0.29) is 48.1 Å². The fraction of sp³-hybridized carbons (Fsp3) is 0.462. The number of nitrogens with two attached hydrogens (primary N) is 1. The van der Waals surface area contributed by atoms with E-state index in [4.69, 9.17) is 10.5 Å². The molecule has 1 aromatic carbocycles. The van der Waals surface area contributed by atoms with Gasteiger partial charge in [0.15, 0.2) is 9.84 Å². The number of carbonyl (C=O) groups excluding carboxylic acids is 1. The predicted molar refractivity (Wildman–Crippen MR) is 77.6 cm³/mol. The first-order valence-electron chi connectivity index (χ1n) is 6.55. The minimum Gasteiger partial charge on any atom is -0.462 e. The number of nitrogen functional groups attached to an aromatic ring is 1. The summed E-state index contributed by atoms with van der Waals surface area (Å²) in [7, 11) is -3.06. The van der Waals surface area contributed by atoms with Crippen LogP contribution in [0.2, 0.25) is 0 Å². The maximum absolute atomic E-state index is 14.0. The topological polar surface area (TPSA) is 89.7 Å². The van der Waals surface area contributed by atoms with Gasteiger partial charge in [-0.15, -0.1) is 0 Å². The third-order valence-corrected chi connectivity index (χ3v) is 4.91. The largest absolute Gasteiger partial charge is 0.462 e. The van der Waals surface area contributed by atoms with Crippen molar-refractivity contribution in [3.8, 4) is 0 Å². The van der Waals surface area contributed by atoms with Crippen LogP contribution >= 0.6 is 0 Å². The molecule has 0 amide bonds. The lowest BCUT2D eigenvalue weighted by molar-refractivity contribution is 0.0527. The van der Waals surface area contributed by atoms with Crippen LogP contribution in [0.25, 0.3) is 0 Å². The molecule has 6 nitrogen and oxygen atoms in total. The smallest absolute Gasteiger partial charge is 0.340 e. The van der Waals surface area contributed by atoms with Crippen molar-refractivity contribution in [1.82, 2.24) is 0 Å². The van der Waals surface area contributed by atoms with Gasteiger partial charge in [-0.2, -0.15) is 0 Å². The molecule has 21 heavy (non-hydrogen) atoms.